The highest BCUT2D eigenvalue weighted by Crippen LogP contribution is 2.27. The van der Waals surface area contributed by atoms with Gasteiger partial charge in [0.15, 0.2) is 0 Å². The van der Waals surface area contributed by atoms with Gasteiger partial charge in [-0.25, -0.2) is 9.97 Å². The molecular formula is C15H17N7S. The Balaban J connectivity index is 1.89. The summed E-state index contributed by atoms with van der Waals surface area (Å²) >= 11 is 1.57. The van der Waals surface area contributed by atoms with Crippen molar-refractivity contribution in [3.8, 4) is 0 Å². The van der Waals surface area contributed by atoms with Crippen LogP contribution >= 0.6 is 11.8 Å². The number of hydrogen-bond donors (Lipinski definition) is 1. The normalized spacial score (nSPS) is 10.9. The minimum absolute atomic E-state index is 0.225. The molecule has 8 heteroatoms. The Bertz CT molecular complexity index is 850. The van der Waals surface area contributed by atoms with E-state index in [0.29, 0.717) is 17.5 Å². The van der Waals surface area contributed by atoms with Gasteiger partial charge >= 0.3 is 0 Å². The van der Waals surface area contributed by atoms with Gasteiger partial charge in [0.05, 0.1) is 11.3 Å². The molecule has 118 valence electrons. The Morgan fingerprint density at radius 1 is 1.04 bits per heavy atom. The van der Waals surface area contributed by atoms with Gasteiger partial charge in [-0.1, -0.05) is 30.0 Å². The first-order valence-electron chi connectivity index (χ1n) is 7.07. The number of benzene rings is 1. The quantitative estimate of drug-likeness (QED) is 0.575. The lowest BCUT2D eigenvalue weighted by molar-refractivity contribution is 0.917. The van der Waals surface area contributed by atoms with Gasteiger partial charge in [0.25, 0.3) is 0 Å². The summed E-state index contributed by atoms with van der Waals surface area (Å²) in [4.78, 5) is 23.5. The minimum Gasteiger partial charge on any atom is -0.368 e. The van der Waals surface area contributed by atoms with E-state index in [4.69, 9.17) is 5.73 Å². The third kappa shape index (κ3) is 3.48. The first kappa shape index (κ1) is 15.4. The fourth-order valence-corrected chi connectivity index (χ4v) is 3.01. The number of fused-ring (bicyclic) bond motifs is 1. The highest BCUT2D eigenvalue weighted by Gasteiger charge is 2.10. The standard InChI is InChI=1S/C15H17N7S/c1-9-17-11-7-5-4-6-10(11)13(18-9)23-8-12-19-14(16)21-15(20-12)22(2)3/h4-7H,8H2,1-3H3,(H2,16,19,20,21). The van der Waals surface area contributed by atoms with Gasteiger partial charge in [0, 0.05) is 19.5 Å². The SMILES string of the molecule is Cc1nc(SCc2nc(N)nc(N(C)C)n2)c2ccccc2n1. The lowest BCUT2D eigenvalue weighted by atomic mass is 10.2. The van der Waals surface area contributed by atoms with Crippen LogP contribution in [0.1, 0.15) is 11.6 Å². The van der Waals surface area contributed by atoms with Gasteiger partial charge in [-0.15, -0.1) is 0 Å². The van der Waals surface area contributed by atoms with Crippen molar-refractivity contribution in [2.75, 3.05) is 24.7 Å². The van der Waals surface area contributed by atoms with Gasteiger partial charge in [-0.05, 0) is 13.0 Å². The molecule has 2 N–H and O–H groups in total. The molecule has 0 aliphatic rings. The predicted molar refractivity (Wildman–Crippen MR) is 92.4 cm³/mol. The first-order chi connectivity index (χ1) is 11.0. The third-order valence-corrected chi connectivity index (χ3v) is 4.09. The summed E-state index contributed by atoms with van der Waals surface area (Å²) in [5, 5.41) is 1.94. The van der Waals surface area contributed by atoms with Crippen LogP contribution in [0.3, 0.4) is 0 Å². The first-order valence-corrected chi connectivity index (χ1v) is 8.05. The smallest absolute Gasteiger partial charge is 0.229 e. The van der Waals surface area contributed by atoms with Gasteiger partial charge in [-0.3, -0.25) is 0 Å². The fourth-order valence-electron chi connectivity index (χ4n) is 2.09. The van der Waals surface area contributed by atoms with E-state index in [1.54, 1.807) is 16.7 Å². The van der Waals surface area contributed by atoms with Crippen LogP contribution in [-0.2, 0) is 5.75 Å². The molecular weight excluding hydrogens is 310 g/mol. The number of anilines is 2. The molecule has 0 radical (unpaired) electrons. The van der Waals surface area contributed by atoms with Crippen molar-refractivity contribution in [2.45, 2.75) is 17.7 Å². The molecule has 0 atom stereocenters. The minimum atomic E-state index is 0.225. The average Bonchev–Trinajstić information content (AvgIpc) is 2.52. The summed E-state index contributed by atoms with van der Waals surface area (Å²) in [7, 11) is 3.74. The number of rotatable bonds is 4. The number of aromatic nitrogens is 5. The van der Waals surface area contributed by atoms with Gasteiger partial charge in [0.1, 0.15) is 16.7 Å². The molecule has 0 unspecified atom stereocenters. The van der Waals surface area contributed by atoms with E-state index in [1.165, 1.54) is 0 Å². The molecule has 23 heavy (non-hydrogen) atoms. The summed E-state index contributed by atoms with van der Waals surface area (Å²) in [6, 6.07) is 7.96. The maximum Gasteiger partial charge on any atom is 0.229 e. The van der Waals surface area contributed by atoms with Crippen molar-refractivity contribution in [3.05, 3.63) is 35.9 Å². The van der Waals surface area contributed by atoms with Crippen molar-refractivity contribution in [1.82, 2.24) is 24.9 Å². The summed E-state index contributed by atoms with van der Waals surface area (Å²) < 4.78 is 0. The summed E-state index contributed by atoms with van der Waals surface area (Å²) in [5.74, 6) is 2.72. The molecule has 3 aromatic rings. The Hall–Kier alpha value is -2.48. The second kappa shape index (κ2) is 6.33. The Morgan fingerprint density at radius 2 is 1.83 bits per heavy atom. The van der Waals surface area contributed by atoms with E-state index >= 15 is 0 Å². The van der Waals surface area contributed by atoms with E-state index in [2.05, 4.69) is 24.9 Å². The maximum atomic E-state index is 5.76. The Labute approximate surface area is 138 Å². The zero-order chi connectivity index (χ0) is 16.4. The largest absolute Gasteiger partial charge is 0.368 e. The summed E-state index contributed by atoms with van der Waals surface area (Å²) in [5.41, 5.74) is 6.69. The van der Waals surface area contributed by atoms with E-state index in [0.717, 1.165) is 21.8 Å². The van der Waals surface area contributed by atoms with Gasteiger partial charge < -0.3 is 10.6 Å². The van der Waals surface area contributed by atoms with Crippen LogP contribution in [0.15, 0.2) is 29.3 Å². The highest BCUT2D eigenvalue weighted by atomic mass is 32.2. The van der Waals surface area contributed by atoms with Gasteiger partial charge in [0.2, 0.25) is 11.9 Å². The second-order valence-electron chi connectivity index (χ2n) is 5.19. The molecule has 0 saturated carbocycles. The number of aryl methyl sites for hydroxylation is 1. The molecule has 1 aromatic carbocycles. The number of nitrogens with zero attached hydrogens (tertiary/aromatic N) is 6. The Kier molecular flexibility index (Phi) is 4.24. The zero-order valence-corrected chi connectivity index (χ0v) is 14.0. The van der Waals surface area contributed by atoms with E-state index in [9.17, 15) is 0 Å². The molecule has 0 amide bonds. The van der Waals surface area contributed by atoms with Crippen molar-refractivity contribution in [3.63, 3.8) is 0 Å². The molecule has 2 aromatic heterocycles. The monoisotopic (exact) mass is 327 g/mol. The molecule has 0 aliphatic carbocycles. The maximum absolute atomic E-state index is 5.76. The van der Waals surface area contributed by atoms with Crippen molar-refractivity contribution < 1.29 is 0 Å². The van der Waals surface area contributed by atoms with Gasteiger partial charge in [-0.2, -0.15) is 15.0 Å². The van der Waals surface area contributed by atoms with Crippen molar-refractivity contribution >= 4 is 34.6 Å². The second-order valence-corrected chi connectivity index (χ2v) is 6.15. The predicted octanol–water partition coefficient (Wildman–Crippen LogP) is 2.06. The van der Waals surface area contributed by atoms with Crippen LogP contribution in [0.25, 0.3) is 10.9 Å². The van der Waals surface area contributed by atoms with Crippen LogP contribution in [0, 0.1) is 6.92 Å². The van der Waals surface area contributed by atoms with Crippen LogP contribution in [0.4, 0.5) is 11.9 Å². The number of thioether (sulfide) groups is 1. The molecule has 2 heterocycles. The molecule has 0 bridgehead atoms. The molecule has 7 nitrogen and oxygen atoms in total. The van der Waals surface area contributed by atoms with Crippen LogP contribution < -0.4 is 10.6 Å². The Morgan fingerprint density at radius 3 is 2.61 bits per heavy atom. The van der Waals surface area contributed by atoms with Crippen LogP contribution in [0.5, 0.6) is 0 Å². The zero-order valence-electron chi connectivity index (χ0n) is 13.2. The van der Waals surface area contributed by atoms with E-state index < -0.39 is 0 Å². The number of nitrogens with two attached hydrogens (primary N) is 1. The summed E-state index contributed by atoms with van der Waals surface area (Å²) in [6.07, 6.45) is 0. The van der Waals surface area contributed by atoms with Crippen molar-refractivity contribution in [1.29, 1.82) is 0 Å². The number of para-hydroxylation sites is 1. The van der Waals surface area contributed by atoms with Crippen LogP contribution in [-0.4, -0.2) is 39.0 Å². The summed E-state index contributed by atoms with van der Waals surface area (Å²) in [6.45, 7) is 1.89. The third-order valence-electron chi connectivity index (χ3n) is 3.11. The lowest BCUT2D eigenvalue weighted by Crippen LogP contribution is -2.15. The molecule has 3 rings (SSSR count). The molecule has 0 aliphatic heterocycles. The fraction of sp³-hybridized carbons (Fsp3) is 0.267. The average molecular weight is 327 g/mol. The van der Waals surface area contributed by atoms with Crippen LogP contribution in [0.2, 0.25) is 0 Å². The molecule has 0 spiro atoms. The lowest BCUT2D eigenvalue weighted by Gasteiger charge is -2.11. The molecule has 0 fully saturated rings. The highest BCUT2D eigenvalue weighted by molar-refractivity contribution is 7.98. The number of nitrogen functional groups attached to an aromatic ring is 1. The topological polar surface area (TPSA) is 93.7 Å². The van der Waals surface area contributed by atoms with E-state index in [-0.39, 0.29) is 5.95 Å². The molecule has 0 saturated heterocycles. The van der Waals surface area contributed by atoms with E-state index in [1.807, 2.05) is 45.3 Å². The number of hydrogen-bond acceptors (Lipinski definition) is 8. The van der Waals surface area contributed by atoms with Crippen molar-refractivity contribution in [2.24, 2.45) is 0 Å².